The van der Waals surface area contributed by atoms with Gasteiger partial charge in [-0.1, -0.05) is 19.3 Å². The van der Waals surface area contributed by atoms with Gasteiger partial charge in [-0.2, -0.15) is 0 Å². The minimum atomic E-state index is 0.316. The van der Waals surface area contributed by atoms with E-state index in [9.17, 15) is 4.79 Å². The van der Waals surface area contributed by atoms with E-state index in [0.717, 1.165) is 25.2 Å². The highest BCUT2D eigenvalue weighted by atomic mass is 16.1. The zero-order chi connectivity index (χ0) is 11.7. The molecular formula is C14H24N2O. The summed E-state index contributed by atoms with van der Waals surface area (Å²) in [6.45, 7) is 1.17. The molecule has 1 heterocycles. The lowest BCUT2D eigenvalue weighted by atomic mass is 9.85. The number of rotatable bonds is 2. The minimum Gasteiger partial charge on any atom is -0.353 e. The number of amides is 1. The van der Waals surface area contributed by atoms with Gasteiger partial charge in [0.15, 0.2) is 0 Å². The second-order valence-electron chi connectivity index (χ2n) is 6.22. The largest absolute Gasteiger partial charge is 0.353 e. The highest BCUT2D eigenvalue weighted by Gasteiger charge is 2.35. The van der Waals surface area contributed by atoms with Crippen LogP contribution in [0.4, 0.5) is 0 Å². The Labute approximate surface area is 104 Å². The van der Waals surface area contributed by atoms with Crippen LogP contribution in [-0.2, 0) is 4.79 Å². The Balaban J connectivity index is 1.50. The molecule has 0 aromatic rings. The number of hydrogen-bond acceptors (Lipinski definition) is 2. The summed E-state index contributed by atoms with van der Waals surface area (Å²) in [7, 11) is 0. The Morgan fingerprint density at radius 3 is 2.65 bits per heavy atom. The highest BCUT2D eigenvalue weighted by molar-refractivity contribution is 5.79. The van der Waals surface area contributed by atoms with Gasteiger partial charge in [-0.3, -0.25) is 4.79 Å². The van der Waals surface area contributed by atoms with Crippen molar-refractivity contribution in [1.29, 1.82) is 0 Å². The summed E-state index contributed by atoms with van der Waals surface area (Å²) >= 11 is 0. The smallest absolute Gasteiger partial charge is 0.223 e. The summed E-state index contributed by atoms with van der Waals surface area (Å²) in [5.74, 6) is 1.47. The lowest BCUT2D eigenvalue weighted by Gasteiger charge is -2.30. The van der Waals surface area contributed by atoms with Gasteiger partial charge >= 0.3 is 0 Å². The van der Waals surface area contributed by atoms with Crippen LogP contribution in [0.15, 0.2) is 0 Å². The van der Waals surface area contributed by atoms with E-state index >= 15 is 0 Å². The first-order valence-corrected chi connectivity index (χ1v) is 7.35. The number of carbonyl (C=O) groups is 1. The normalized spacial score (nSPS) is 38.0. The van der Waals surface area contributed by atoms with Crippen LogP contribution in [0.5, 0.6) is 0 Å². The van der Waals surface area contributed by atoms with Crippen molar-refractivity contribution < 1.29 is 4.79 Å². The van der Waals surface area contributed by atoms with Gasteiger partial charge < -0.3 is 10.6 Å². The van der Waals surface area contributed by atoms with Gasteiger partial charge in [0, 0.05) is 18.0 Å². The molecular weight excluding hydrogens is 212 g/mol. The fraction of sp³-hybridized carbons (Fsp3) is 0.929. The molecule has 96 valence electrons. The second kappa shape index (κ2) is 4.97. The van der Waals surface area contributed by atoms with Gasteiger partial charge in [0.1, 0.15) is 0 Å². The van der Waals surface area contributed by atoms with Crippen molar-refractivity contribution in [2.45, 2.75) is 63.5 Å². The quantitative estimate of drug-likeness (QED) is 0.768. The predicted molar refractivity (Wildman–Crippen MR) is 67.6 cm³/mol. The Morgan fingerprint density at radius 1 is 1.06 bits per heavy atom. The molecule has 3 fully saturated rings. The first-order chi connectivity index (χ1) is 8.31. The van der Waals surface area contributed by atoms with Crippen LogP contribution in [0.25, 0.3) is 0 Å². The van der Waals surface area contributed by atoms with E-state index in [2.05, 4.69) is 10.6 Å². The molecule has 2 N–H and O–H groups in total. The molecule has 2 bridgehead atoms. The molecule has 3 rings (SSSR count). The Morgan fingerprint density at radius 2 is 1.88 bits per heavy atom. The molecule has 1 saturated heterocycles. The molecule has 2 aliphatic carbocycles. The molecule has 0 spiro atoms. The van der Waals surface area contributed by atoms with Gasteiger partial charge in [0.2, 0.25) is 5.91 Å². The predicted octanol–water partition coefficient (Wildman–Crippen LogP) is 1.82. The van der Waals surface area contributed by atoms with E-state index in [1.165, 1.54) is 38.6 Å². The topological polar surface area (TPSA) is 41.1 Å². The number of nitrogens with one attached hydrogen (secondary N) is 2. The second-order valence-corrected chi connectivity index (χ2v) is 6.22. The van der Waals surface area contributed by atoms with Crippen molar-refractivity contribution in [3.05, 3.63) is 0 Å². The Kier molecular flexibility index (Phi) is 3.37. The fourth-order valence-electron chi connectivity index (χ4n) is 3.91. The van der Waals surface area contributed by atoms with Crippen LogP contribution in [0, 0.1) is 11.8 Å². The van der Waals surface area contributed by atoms with Crippen molar-refractivity contribution >= 4 is 5.91 Å². The van der Waals surface area contributed by atoms with Gasteiger partial charge in [-0.15, -0.1) is 0 Å². The first kappa shape index (κ1) is 11.5. The van der Waals surface area contributed by atoms with E-state index < -0.39 is 0 Å². The lowest BCUT2D eigenvalue weighted by Crippen LogP contribution is -2.44. The van der Waals surface area contributed by atoms with Crippen molar-refractivity contribution in [1.82, 2.24) is 10.6 Å². The van der Waals surface area contributed by atoms with Crippen LogP contribution >= 0.6 is 0 Å². The summed E-state index contributed by atoms with van der Waals surface area (Å²) in [4.78, 5) is 12.2. The summed E-state index contributed by atoms with van der Waals surface area (Å²) in [6, 6.07) is 1.12. The maximum atomic E-state index is 12.2. The van der Waals surface area contributed by atoms with Crippen molar-refractivity contribution in [3.63, 3.8) is 0 Å². The average Bonchev–Trinajstić information content (AvgIpc) is 2.70. The third-order valence-corrected chi connectivity index (χ3v) is 4.82. The number of fused-ring (bicyclic) bond motifs is 2. The Bertz CT molecular complexity index is 274. The zero-order valence-electron chi connectivity index (χ0n) is 10.6. The van der Waals surface area contributed by atoms with Crippen molar-refractivity contribution in [2.75, 3.05) is 6.54 Å². The maximum Gasteiger partial charge on any atom is 0.223 e. The molecule has 3 nitrogen and oxygen atoms in total. The standard InChI is InChI=1S/C14H24N2O/c17-14(11-4-2-1-3-5-11)16-13-7-10-6-12(8-13)15-9-10/h10-13,15H,1-9H2,(H,16,17). The summed E-state index contributed by atoms with van der Waals surface area (Å²) in [6.07, 6.45) is 9.71. The monoisotopic (exact) mass is 236 g/mol. The van der Waals surface area contributed by atoms with Crippen LogP contribution in [0.2, 0.25) is 0 Å². The summed E-state index contributed by atoms with van der Waals surface area (Å²) < 4.78 is 0. The van der Waals surface area contributed by atoms with E-state index in [1.807, 2.05) is 0 Å². The molecule has 3 heteroatoms. The van der Waals surface area contributed by atoms with Gasteiger partial charge in [0.25, 0.3) is 0 Å². The Hall–Kier alpha value is -0.570. The summed E-state index contributed by atoms with van der Waals surface area (Å²) in [5.41, 5.74) is 0. The molecule has 0 aromatic heterocycles. The highest BCUT2D eigenvalue weighted by Crippen LogP contribution is 2.30. The molecule has 3 aliphatic rings. The SMILES string of the molecule is O=C(NC1CC2CNC(C2)C1)C1CCCCC1. The van der Waals surface area contributed by atoms with Gasteiger partial charge in [-0.05, 0) is 44.6 Å². The van der Waals surface area contributed by atoms with Crippen LogP contribution in [0.3, 0.4) is 0 Å². The number of hydrogen-bond donors (Lipinski definition) is 2. The van der Waals surface area contributed by atoms with E-state index in [4.69, 9.17) is 0 Å². The van der Waals surface area contributed by atoms with Crippen LogP contribution < -0.4 is 10.6 Å². The first-order valence-electron chi connectivity index (χ1n) is 7.35. The molecule has 0 radical (unpaired) electrons. The van der Waals surface area contributed by atoms with Crippen molar-refractivity contribution in [2.24, 2.45) is 11.8 Å². The molecule has 1 aliphatic heterocycles. The minimum absolute atomic E-state index is 0.316. The molecule has 0 aromatic carbocycles. The maximum absolute atomic E-state index is 12.2. The van der Waals surface area contributed by atoms with Crippen LogP contribution in [0.1, 0.15) is 51.4 Å². The van der Waals surface area contributed by atoms with E-state index in [1.54, 1.807) is 0 Å². The molecule has 3 atom stereocenters. The number of carbonyl (C=O) groups excluding carboxylic acids is 1. The molecule has 17 heavy (non-hydrogen) atoms. The third kappa shape index (κ3) is 2.65. The molecule has 3 unspecified atom stereocenters. The van der Waals surface area contributed by atoms with Crippen molar-refractivity contribution in [3.8, 4) is 0 Å². The molecule has 1 amide bonds. The lowest BCUT2D eigenvalue weighted by molar-refractivity contribution is -0.126. The summed E-state index contributed by atoms with van der Waals surface area (Å²) in [5, 5.41) is 6.86. The third-order valence-electron chi connectivity index (χ3n) is 4.82. The zero-order valence-corrected chi connectivity index (χ0v) is 10.6. The van der Waals surface area contributed by atoms with E-state index in [0.29, 0.717) is 23.9 Å². The van der Waals surface area contributed by atoms with Gasteiger partial charge in [-0.25, -0.2) is 0 Å². The van der Waals surface area contributed by atoms with Crippen LogP contribution in [-0.4, -0.2) is 24.5 Å². The average molecular weight is 236 g/mol. The molecule has 2 saturated carbocycles. The van der Waals surface area contributed by atoms with E-state index in [-0.39, 0.29) is 0 Å². The van der Waals surface area contributed by atoms with Gasteiger partial charge in [0.05, 0.1) is 0 Å². The fourth-order valence-corrected chi connectivity index (χ4v) is 3.91.